The summed E-state index contributed by atoms with van der Waals surface area (Å²) < 4.78 is 2.10. The molecule has 0 radical (unpaired) electrons. The van der Waals surface area contributed by atoms with Crippen LogP contribution in [0.2, 0.25) is 0 Å². The van der Waals surface area contributed by atoms with Gasteiger partial charge in [0, 0.05) is 0 Å². The number of nitrogens with zero attached hydrogens (tertiary/aromatic N) is 3. The highest BCUT2D eigenvalue weighted by Crippen LogP contribution is 2.30. The summed E-state index contributed by atoms with van der Waals surface area (Å²) in [7, 11) is 0. The fourth-order valence-electron chi connectivity index (χ4n) is 2.31. The first-order chi connectivity index (χ1) is 6.95. The molecule has 3 heteroatoms. The summed E-state index contributed by atoms with van der Waals surface area (Å²) in [5, 5.41) is 8.42. The summed E-state index contributed by atoms with van der Waals surface area (Å²) in [4.78, 5) is 0. The van der Waals surface area contributed by atoms with E-state index in [1.807, 2.05) is 12.1 Å². The van der Waals surface area contributed by atoms with Gasteiger partial charge in [-0.15, -0.1) is 5.10 Å². The maximum Gasteiger partial charge on any atom is 0.113 e. The van der Waals surface area contributed by atoms with Crippen molar-refractivity contribution in [1.82, 2.24) is 15.0 Å². The number of benzene rings is 1. The van der Waals surface area contributed by atoms with Gasteiger partial charge in [-0.25, -0.2) is 4.68 Å². The number of aromatic nitrogens is 3. The summed E-state index contributed by atoms with van der Waals surface area (Å²) in [5.74, 6) is 0. The molecule has 3 rings (SSSR count). The van der Waals surface area contributed by atoms with Crippen LogP contribution in [0, 0.1) is 0 Å². The Morgan fingerprint density at radius 2 is 1.93 bits per heavy atom. The zero-order chi connectivity index (χ0) is 9.38. The normalized spacial score (nSPS) is 18.0. The quantitative estimate of drug-likeness (QED) is 0.686. The average molecular weight is 187 g/mol. The van der Waals surface area contributed by atoms with Crippen molar-refractivity contribution in [3.05, 3.63) is 24.3 Å². The fourth-order valence-corrected chi connectivity index (χ4v) is 2.31. The van der Waals surface area contributed by atoms with Crippen LogP contribution in [-0.4, -0.2) is 15.0 Å². The summed E-state index contributed by atoms with van der Waals surface area (Å²) in [6.07, 6.45) is 5.18. The van der Waals surface area contributed by atoms with E-state index in [-0.39, 0.29) is 0 Å². The second kappa shape index (κ2) is 3.08. The molecule has 1 aromatic heterocycles. The molecule has 1 heterocycles. The Hall–Kier alpha value is -1.38. The molecule has 0 amide bonds. The minimum absolute atomic E-state index is 0.586. The molecular formula is C11H13N3. The van der Waals surface area contributed by atoms with Crippen LogP contribution in [0.25, 0.3) is 11.0 Å². The van der Waals surface area contributed by atoms with Gasteiger partial charge < -0.3 is 0 Å². The molecule has 1 saturated carbocycles. The molecule has 0 atom stereocenters. The Labute approximate surface area is 82.7 Å². The van der Waals surface area contributed by atoms with Gasteiger partial charge in [-0.1, -0.05) is 30.2 Å². The molecule has 0 N–H and O–H groups in total. The van der Waals surface area contributed by atoms with Gasteiger partial charge in [0.15, 0.2) is 0 Å². The van der Waals surface area contributed by atoms with Crippen LogP contribution in [0.3, 0.4) is 0 Å². The van der Waals surface area contributed by atoms with E-state index in [1.165, 1.54) is 31.2 Å². The average Bonchev–Trinajstić information content (AvgIpc) is 2.85. The maximum absolute atomic E-state index is 4.24. The van der Waals surface area contributed by atoms with Crippen molar-refractivity contribution in [1.29, 1.82) is 0 Å². The molecule has 1 aliphatic rings. The third-order valence-electron chi connectivity index (χ3n) is 3.05. The summed E-state index contributed by atoms with van der Waals surface area (Å²) in [6, 6.07) is 8.77. The SMILES string of the molecule is c1ccc2c(c1)nnn2C1CCCC1. The van der Waals surface area contributed by atoms with Crippen molar-refractivity contribution in [2.24, 2.45) is 0 Å². The molecule has 0 saturated heterocycles. The second-order valence-electron chi connectivity index (χ2n) is 3.96. The first-order valence-corrected chi connectivity index (χ1v) is 5.25. The van der Waals surface area contributed by atoms with Crippen LogP contribution in [0.5, 0.6) is 0 Å². The van der Waals surface area contributed by atoms with Crippen LogP contribution < -0.4 is 0 Å². The molecule has 1 aromatic carbocycles. The lowest BCUT2D eigenvalue weighted by molar-refractivity contribution is 0.467. The Morgan fingerprint density at radius 1 is 1.14 bits per heavy atom. The molecular weight excluding hydrogens is 174 g/mol. The second-order valence-corrected chi connectivity index (χ2v) is 3.96. The van der Waals surface area contributed by atoms with E-state index in [1.54, 1.807) is 0 Å². The van der Waals surface area contributed by atoms with E-state index in [0.29, 0.717) is 6.04 Å². The van der Waals surface area contributed by atoms with E-state index in [0.717, 1.165) is 5.52 Å². The summed E-state index contributed by atoms with van der Waals surface area (Å²) in [6.45, 7) is 0. The van der Waals surface area contributed by atoms with Gasteiger partial charge in [-0.05, 0) is 25.0 Å². The third kappa shape index (κ3) is 1.12. The van der Waals surface area contributed by atoms with Gasteiger partial charge >= 0.3 is 0 Å². The van der Waals surface area contributed by atoms with E-state index < -0.39 is 0 Å². The number of rotatable bonds is 1. The molecule has 0 aliphatic heterocycles. The topological polar surface area (TPSA) is 30.7 Å². The Morgan fingerprint density at radius 3 is 2.79 bits per heavy atom. The maximum atomic E-state index is 4.24. The van der Waals surface area contributed by atoms with Crippen molar-refractivity contribution in [3.63, 3.8) is 0 Å². The predicted octanol–water partition coefficient (Wildman–Crippen LogP) is 2.55. The van der Waals surface area contributed by atoms with Gasteiger partial charge in [0.05, 0.1) is 11.6 Å². The number of fused-ring (bicyclic) bond motifs is 1. The first kappa shape index (κ1) is 7.97. The molecule has 0 unspecified atom stereocenters. The van der Waals surface area contributed by atoms with Gasteiger partial charge in [-0.2, -0.15) is 0 Å². The predicted molar refractivity (Wildman–Crippen MR) is 55.0 cm³/mol. The molecule has 0 spiro atoms. The number of hydrogen-bond acceptors (Lipinski definition) is 2. The lowest BCUT2D eigenvalue weighted by Gasteiger charge is -2.09. The standard InChI is InChI=1S/C11H13N3/c1-2-6-9(5-1)14-11-8-4-3-7-10(11)12-13-14/h3-4,7-9H,1-2,5-6H2. The van der Waals surface area contributed by atoms with E-state index in [4.69, 9.17) is 0 Å². The van der Waals surface area contributed by atoms with Gasteiger partial charge in [-0.3, -0.25) is 0 Å². The highest BCUT2D eigenvalue weighted by molar-refractivity contribution is 5.73. The molecule has 2 aromatic rings. The minimum Gasteiger partial charge on any atom is -0.242 e. The molecule has 0 bridgehead atoms. The smallest absolute Gasteiger partial charge is 0.113 e. The summed E-state index contributed by atoms with van der Waals surface area (Å²) in [5.41, 5.74) is 2.19. The van der Waals surface area contributed by atoms with Gasteiger partial charge in [0.1, 0.15) is 5.52 Å². The first-order valence-electron chi connectivity index (χ1n) is 5.25. The van der Waals surface area contributed by atoms with Gasteiger partial charge in [0.2, 0.25) is 0 Å². The zero-order valence-corrected chi connectivity index (χ0v) is 8.06. The van der Waals surface area contributed by atoms with E-state index in [9.17, 15) is 0 Å². The lowest BCUT2D eigenvalue weighted by atomic mass is 10.2. The van der Waals surface area contributed by atoms with Crippen LogP contribution in [-0.2, 0) is 0 Å². The third-order valence-corrected chi connectivity index (χ3v) is 3.05. The molecule has 72 valence electrons. The Kier molecular flexibility index (Phi) is 1.76. The summed E-state index contributed by atoms with van der Waals surface area (Å²) >= 11 is 0. The lowest BCUT2D eigenvalue weighted by Crippen LogP contribution is -2.06. The van der Waals surface area contributed by atoms with Crippen molar-refractivity contribution in [2.45, 2.75) is 31.7 Å². The Balaban J connectivity index is 2.11. The molecule has 1 aliphatic carbocycles. The fraction of sp³-hybridized carbons (Fsp3) is 0.455. The highest BCUT2D eigenvalue weighted by Gasteiger charge is 2.19. The highest BCUT2D eigenvalue weighted by atomic mass is 15.4. The van der Waals surface area contributed by atoms with Crippen LogP contribution in [0.15, 0.2) is 24.3 Å². The Bertz CT molecular complexity index is 440. The van der Waals surface area contributed by atoms with Crippen molar-refractivity contribution < 1.29 is 0 Å². The van der Waals surface area contributed by atoms with Crippen LogP contribution in [0.1, 0.15) is 31.7 Å². The van der Waals surface area contributed by atoms with E-state index >= 15 is 0 Å². The van der Waals surface area contributed by atoms with Gasteiger partial charge in [0.25, 0.3) is 0 Å². The number of hydrogen-bond donors (Lipinski definition) is 0. The molecule has 14 heavy (non-hydrogen) atoms. The zero-order valence-electron chi connectivity index (χ0n) is 8.06. The largest absolute Gasteiger partial charge is 0.242 e. The van der Waals surface area contributed by atoms with Crippen LogP contribution in [0.4, 0.5) is 0 Å². The molecule has 1 fully saturated rings. The number of para-hydroxylation sites is 1. The monoisotopic (exact) mass is 187 g/mol. The van der Waals surface area contributed by atoms with Crippen molar-refractivity contribution in [3.8, 4) is 0 Å². The minimum atomic E-state index is 0.586. The van der Waals surface area contributed by atoms with Crippen molar-refractivity contribution in [2.75, 3.05) is 0 Å². The molecule has 3 nitrogen and oxygen atoms in total. The van der Waals surface area contributed by atoms with Crippen molar-refractivity contribution >= 4 is 11.0 Å². The van der Waals surface area contributed by atoms with E-state index in [2.05, 4.69) is 27.1 Å². The van der Waals surface area contributed by atoms with Crippen LogP contribution >= 0.6 is 0 Å².